The number of carbonyl (C=O) groups excluding carboxylic acids is 1. The number of nitrogens with one attached hydrogen (secondary N) is 2. The number of hydrogen-bond acceptors (Lipinski definition) is 4. The van der Waals surface area contributed by atoms with Crippen LogP contribution in [0.5, 0.6) is 0 Å². The van der Waals surface area contributed by atoms with Gasteiger partial charge in [-0.3, -0.25) is 4.79 Å². The van der Waals surface area contributed by atoms with Gasteiger partial charge >= 0.3 is 0 Å². The Morgan fingerprint density at radius 2 is 2.08 bits per heavy atom. The fraction of sp³-hybridized carbons (Fsp3) is 0.750. The summed E-state index contributed by atoms with van der Waals surface area (Å²) < 4.78 is 2.02. The Bertz CT molecular complexity index is 536. The van der Waals surface area contributed by atoms with Crippen molar-refractivity contribution in [3.63, 3.8) is 0 Å². The number of guanidine groups is 1. The lowest BCUT2D eigenvalue weighted by molar-refractivity contribution is -0.127. The van der Waals surface area contributed by atoms with Crippen LogP contribution in [-0.4, -0.2) is 64.8 Å². The lowest BCUT2D eigenvalue weighted by atomic mass is 10.1. The summed E-state index contributed by atoms with van der Waals surface area (Å²) in [6.45, 7) is 9.99. The van der Waals surface area contributed by atoms with E-state index in [9.17, 15) is 4.79 Å². The van der Waals surface area contributed by atoms with Gasteiger partial charge < -0.3 is 20.1 Å². The molecule has 0 spiro atoms. The van der Waals surface area contributed by atoms with Gasteiger partial charge in [0.15, 0.2) is 5.96 Å². The van der Waals surface area contributed by atoms with E-state index >= 15 is 0 Å². The van der Waals surface area contributed by atoms with Crippen molar-refractivity contribution in [1.29, 1.82) is 0 Å². The van der Waals surface area contributed by atoms with Crippen molar-refractivity contribution in [2.75, 3.05) is 27.2 Å². The highest BCUT2D eigenvalue weighted by atomic mass is 16.2. The Morgan fingerprint density at radius 1 is 1.38 bits per heavy atom. The molecule has 1 aromatic heterocycles. The molecule has 24 heavy (non-hydrogen) atoms. The van der Waals surface area contributed by atoms with Crippen LogP contribution in [0.2, 0.25) is 0 Å². The largest absolute Gasteiger partial charge is 0.355 e. The smallest absolute Gasteiger partial charge is 0.243 e. The first kappa shape index (κ1) is 19.9. The Kier molecular flexibility index (Phi) is 8.21. The molecule has 0 saturated carbocycles. The first-order chi connectivity index (χ1) is 11.3. The van der Waals surface area contributed by atoms with E-state index < -0.39 is 0 Å². The topological polar surface area (TPSA) is 87.4 Å². The second-order valence-electron chi connectivity index (χ2n) is 6.35. The molecule has 1 unspecified atom stereocenters. The normalized spacial score (nSPS) is 13.0. The van der Waals surface area contributed by atoms with Crippen molar-refractivity contribution >= 4 is 11.9 Å². The molecule has 0 aromatic carbocycles. The number of aromatic nitrogens is 3. The maximum Gasteiger partial charge on any atom is 0.243 e. The highest BCUT2D eigenvalue weighted by Crippen LogP contribution is 1.99. The number of likely N-dealkylation sites (N-methyl/N-ethyl adjacent to an activating group) is 1. The SMILES string of the molecule is CCc1nncn1CCNC(=NCC(=O)N(C)C)NC(C)C(C)C. The fourth-order valence-electron chi connectivity index (χ4n) is 1.86. The minimum Gasteiger partial charge on any atom is -0.355 e. The van der Waals surface area contributed by atoms with E-state index in [0.29, 0.717) is 18.4 Å². The van der Waals surface area contributed by atoms with E-state index in [4.69, 9.17) is 0 Å². The molecule has 0 saturated heterocycles. The number of aliphatic imine (C=N–C) groups is 1. The van der Waals surface area contributed by atoms with Crippen LogP contribution in [0.15, 0.2) is 11.3 Å². The summed E-state index contributed by atoms with van der Waals surface area (Å²) in [5.74, 6) is 2.05. The average molecular weight is 337 g/mol. The van der Waals surface area contributed by atoms with E-state index in [1.54, 1.807) is 20.4 Å². The monoisotopic (exact) mass is 337 g/mol. The molecule has 1 rings (SSSR count). The molecule has 8 nitrogen and oxygen atoms in total. The molecule has 0 aliphatic rings. The summed E-state index contributed by atoms with van der Waals surface area (Å²) in [5, 5.41) is 14.6. The van der Waals surface area contributed by atoms with E-state index in [2.05, 4.69) is 53.5 Å². The molecule has 1 aromatic rings. The second kappa shape index (κ2) is 9.89. The number of aryl methyl sites for hydroxylation is 1. The molecule has 8 heteroatoms. The van der Waals surface area contributed by atoms with Crippen molar-refractivity contribution in [2.24, 2.45) is 10.9 Å². The van der Waals surface area contributed by atoms with E-state index in [1.165, 1.54) is 4.90 Å². The predicted octanol–water partition coefficient (Wildman–Crippen LogP) is 0.508. The van der Waals surface area contributed by atoms with Crippen LogP contribution in [0, 0.1) is 5.92 Å². The molecule has 0 aliphatic heterocycles. The Labute approximate surface area is 144 Å². The first-order valence-corrected chi connectivity index (χ1v) is 8.46. The number of nitrogens with zero attached hydrogens (tertiary/aromatic N) is 5. The number of carbonyl (C=O) groups is 1. The fourth-order valence-corrected chi connectivity index (χ4v) is 1.86. The summed E-state index contributed by atoms with van der Waals surface area (Å²) in [4.78, 5) is 17.7. The highest BCUT2D eigenvalue weighted by molar-refractivity contribution is 5.84. The van der Waals surface area contributed by atoms with Gasteiger partial charge in [-0.1, -0.05) is 20.8 Å². The molecule has 1 amide bonds. The van der Waals surface area contributed by atoms with Gasteiger partial charge in [0.05, 0.1) is 0 Å². The maximum absolute atomic E-state index is 11.8. The van der Waals surface area contributed by atoms with Crippen LogP contribution in [0.25, 0.3) is 0 Å². The van der Waals surface area contributed by atoms with Gasteiger partial charge in [-0.05, 0) is 12.8 Å². The second-order valence-corrected chi connectivity index (χ2v) is 6.35. The summed E-state index contributed by atoms with van der Waals surface area (Å²) in [6, 6.07) is 0.256. The van der Waals surface area contributed by atoms with Crippen LogP contribution < -0.4 is 10.6 Å². The molecular weight excluding hydrogens is 306 g/mol. The number of amides is 1. The van der Waals surface area contributed by atoms with Crippen LogP contribution in [0.1, 0.15) is 33.5 Å². The van der Waals surface area contributed by atoms with Crippen molar-refractivity contribution in [1.82, 2.24) is 30.3 Å². The predicted molar refractivity (Wildman–Crippen MR) is 95.8 cm³/mol. The van der Waals surface area contributed by atoms with Gasteiger partial charge in [-0.15, -0.1) is 10.2 Å². The number of rotatable bonds is 8. The van der Waals surface area contributed by atoms with Crippen molar-refractivity contribution in [2.45, 2.75) is 46.7 Å². The molecule has 1 atom stereocenters. The van der Waals surface area contributed by atoms with E-state index in [-0.39, 0.29) is 18.5 Å². The van der Waals surface area contributed by atoms with Crippen LogP contribution in [0.3, 0.4) is 0 Å². The standard InChI is InChI=1S/C16H31N7O/c1-7-14-21-19-11-23(14)9-8-17-16(20-13(4)12(2)3)18-10-15(24)22(5)6/h11-13H,7-10H2,1-6H3,(H2,17,18,20). The van der Waals surface area contributed by atoms with Crippen LogP contribution in [-0.2, 0) is 17.8 Å². The molecule has 2 N–H and O–H groups in total. The highest BCUT2D eigenvalue weighted by Gasteiger charge is 2.11. The summed E-state index contributed by atoms with van der Waals surface area (Å²) >= 11 is 0. The van der Waals surface area contributed by atoms with Crippen molar-refractivity contribution < 1.29 is 4.79 Å². The average Bonchev–Trinajstić information content (AvgIpc) is 2.99. The molecule has 0 radical (unpaired) electrons. The lowest BCUT2D eigenvalue weighted by Crippen LogP contribution is -2.45. The van der Waals surface area contributed by atoms with Gasteiger partial charge in [0.2, 0.25) is 5.91 Å². The molecule has 136 valence electrons. The molecule has 1 heterocycles. The first-order valence-electron chi connectivity index (χ1n) is 8.46. The zero-order chi connectivity index (χ0) is 18.1. The van der Waals surface area contributed by atoms with Gasteiger partial charge in [0.1, 0.15) is 18.7 Å². The summed E-state index contributed by atoms with van der Waals surface area (Å²) in [7, 11) is 3.46. The zero-order valence-corrected chi connectivity index (χ0v) is 15.7. The van der Waals surface area contributed by atoms with Gasteiger partial charge in [0, 0.05) is 39.6 Å². The third-order valence-corrected chi connectivity index (χ3v) is 3.89. The molecule has 0 aliphatic carbocycles. The minimum atomic E-state index is -0.0274. The third-order valence-electron chi connectivity index (χ3n) is 3.89. The third kappa shape index (κ3) is 6.55. The van der Waals surface area contributed by atoms with Crippen molar-refractivity contribution in [3.8, 4) is 0 Å². The van der Waals surface area contributed by atoms with Gasteiger partial charge in [0.25, 0.3) is 0 Å². The van der Waals surface area contributed by atoms with Crippen molar-refractivity contribution in [3.05, 3.63) is 12.2 Å². The molecule has 0 bridgehead atoms. The van der Waals surface area contributed by atoms with E-state index in [1.807, 2.05) is 4.57 Å². The van der Waals surface area contributed by atoms with Crippen LogP contribution >= 0.6 is 0 Å². The summed E-state index contributed by atoms with van der Waals surface area (Å²) in [5.41, 5.74) is 0. The van der Waals surface area contributed by atoms with E-state index in [0.717, 1.165) is 18.8 Å². The Morgan fingerprint density at radius 3 is 2.67 bits per heavy atom. The Balaban J connectivity index is 2.63. The zero-order valence-electron chi connectivity index (χ0n) is 15.7. The number of hydrogen-bond donors (Lipinski definition) is 2. The summed E-state index contributed by atoms with van der Waals surface area (Å²) in [6.07, 6.45) is 2.58. The lowest BCUT2D eigenvalue weighted by Gasteiger charge is -2.21. The maximum atomic E-state index is 11.8. The molecule has 0 fully saturated rings. The van der Waals surface area contributed by atoms with Gasteiger partial charge in [-0.2, -0.15) is 0 Å². The minimum absolute atomic E-state index is 0.0274. The quantitative estimate of drug-likeness (QED) is 0.533. The van der Waals surface area contributed by atoms with Crippen LogP contribution in [0.4, 0.5) is 0 Å². The van der Waals surface area contributed by atoms with Gasteiger partial charge in [-0.25, -0.2) is 4.99 Å². The molecular formula is C16H31N7O. The Hall–Kier alpha value is -2.12.